The number of nitrogens with zero attached hydrogens (tertiary/aromatic N) is 1. The van der Waals surface area contributed by atoms with Crippen LogP contribution in [0.4, 0.5) is 5.69 Å². The molecular formula is C14H18N2O. The number of rotatable bonds is 0. The molecule has 0 bridgehead atoms. The van der Waals surface area contributed by atoms with Gasteiger partial charge in [0, 0.05) is 23.8 Å². The first-order chi connectivity index (χ1) is 7.99. The molecule has 17 heavy (non-hydrogen) atoms. The van der Waals surface area contributed by atoms with Crippen molar-refractivity contribution < 1.29 is 4.84 Å². The summed E-state index contributed by atoms with van der Waals surface area (Å²) < 4.78 is 0. The highest BCUT2D eigenvalue weighted by Gasteiger charge is 2.58. The minimum atomic E-state index is -0.416. The first-order valence-electron chi connectivity index (χ1n) is 5.96. The smallest absolute Gasteiger partial charge is 0.197 e. The molecule has 2 heterocycles. The number of fused-ring (bicyclic) bond motifs is 1. The molecule has 90 valence electrons. The third kappa shape index (κ3) is 1.10. The van der Waals surface area contributed by atoms with Crippen LogP contribution in [0, 0.1) is 0 Å². The second kappa shape index (κ2) is 3.05. The summed E-state index contributed by atoms with van der Waals surface area (Å²) in [7, 11) is 2.09. The van der Waals surface area contributed by atoms with Crippen LogP contribution < -0.4 is 10.4 Å². The molecule has 0 saturated carbocycles. The van der Waals surface area contributed by atoms with Gasteiger partial charge in [-0.15, -0.1) is 0 Å². The molecule has 1 spiro atoms. The molecule has 0 saturated heterocycles. The van der Waals surface area contributed by atoms with Gasteiger partial charge in [0.05, 0.1) is 0 Å². The van der Waals surface area contributed by atoms with Crippen LogP contribution in [-0.4, -0.2) is 12.8 Å². The molecule has 1 aromatic carbocycles. The first kappa shape index (κ1) is 10.7. The van der Waals surface area contributed by atoms with E-state index in [-0.39, 0.29) is 5.41 Å². The fourth-order valence-corrected chi connectivity index (χ4v) is 3.07. The van der Waals surface area contributed by atoms with Crippen LogP contribution in [0.2, 0.25) is 0 Å². The zero-order chi connectivity index (χ0) is 12.3. The lowest BCUT2D eigenvalue weighted by atomic mass is 9.77. The van der Waals surface area contributed by atoms with E-state index in [0.29, 0.717) is 0 Å². The lowest BCUT2D eigenvalue weighted by Crippen LogP contribution is -2.54. The molecule has 0 unspecified atom stereocenters. The Morgan fingerprint density at radius 1 is 1.24 bits per heavy atom. The van der Waals surface area contributed by atoms with Gasteiger partial charge in [0.2, 0.25) is 0 Å². The molecule has 1 atom stereocenters. The molecule has 0 fully saturated rings. The van der Waals surface area contributed by atoms with Gasteiger partial charge >= 0.3 is 0 Å². The van der Waals surface area contributed by atoms with Gasteiger partial charge in [0.25, 0.3) is 0 Å². The van der Waals surface area contributed by atoms with Gasteiger partial charge in [-0.05, 0) is 24.6 Å². The summed E-state index contributed by atoms with van der Waals surface area (Å²) in [5.74, 6) is 0. The Morgan fingerprint density at radius 2 is 1.94 bits per heavy atom. The van der Waals surface area contributed by atoms with Gasteiger partial charge in [0.15, 0.2) is 5.72 Å². The lowest BCUT2D eigenvalue weighted by molar-refractivity contribution is -0.0725. The SMILES string of the molecule is CC1=C[C@]2(ON1)N(C)c1ccccc1C2(C)C. The number of likely N-dealkylation sites (N-methyl/N-ethyl adjacent to an activating group) is 1. The van der Waals surface area contributed by atoms with Crippen molar-refractivity contribution in [2.75, 3.05) is 11.9 Å². The van der Waals surface area contributed by atoms with E-state index < -0.39 is 5.72 Å². The highest BCUT2D eigenvalue weighted by molar-refractivity contribution is 5.67. The predicted molar refractivity (Wildman–Crippen MR) is 68.6 cm³/mol. The Kier molecular flexibility index (Phi) is 1.91. The van der Waals surface area contributed by atoms with Crippen molar-refractivity contribution in [3.63, 3.8) is 0 Å². The zero-order valence-corrected chi connectivity index (χ0v) is 10.7. The maximum Gasteiger partial charge on any atom is 0.197 e. The molecule has 3 nitrogen and oxygen atoms in total. The number of hydrogen-bond acceptors (Lipinski definition) is 3. The minimum absolute atomic E-state index is 0.0803. The molecule has 3 heteroatoms. The Balaban J connectivity index is 2.23. The molecule has 0 aliphatic carbocycles. The summed E-state index contributed by atoms with van der Waals surface area (Å²) in [4.78, 5) is 8.12. The molecule has 1 N–H and O–H groups in total. The molecule has 0 radical (unpaired) electrons. The Hall–Kier alpha value is -1.48. The fraction of sp³-hybridized carbons (Fsp3) is 0.429. The summed E-state index contributed by atoms with van der Waals surface area (Å²) in [5.41, 5.74) is 6.13. The van der Waals surface area contributed by atoms with Gasteiger partial charge < -0.3 is 4.90 Å². The highest BCUT2D eigenvalue weighted by Crippen LogP contribution is 2.53. The van der Waals surface area contributed by atoms with E-state index in [4.69, 9.17) is 4.84 Å². The van der Waals surface area contributed by atoms with Crippen molar-refractivity contribution in [2.45, 2.75) is 31.9 Å². The molecule has 0 amide bonds. The van der Waals surface area contributed by atoms with Crippen LogP contribution >= 0.6 is 0 Å². The second-order valence-electron chi connectivity index (χ2n) is 5.43. The molecule has 2 aliphatic heterocycles. The topological polar surface area (TPSA) is 24.5 Å². The predicted octanol–water partition coefficient (Wildman–Crippen LogP) is 2.55. The second-order valence-corrected chi connectivity index (χ2v) is 5.43. The molecule has 3 rings (SSSR count). The third-order valence-corrected chi connectivity index (χ3v) is 4.11. The van der Waals surface area contributed by atoms with Gasteiger partial charge in [0.1, 0.15) is 0 Å². The number of allylic oxidation sites excluding steroid dienone is 1. The number of hydroxylamine groups is 1. The normalized spacial score (nSPS) is 29.2. The van der Waals surface area contributed by atoms with E-state index >= 15 is 0 Å². The van der Waals surface area contributed by atoms with E-state index in [0.717, 1.165) is 5.70 Å². The van der Waals surface area contributed by atoms with E-state index in [1.165, 1.54) is 11.3 Å². The maximum atomic E-state index is 5.91. The van der Waals surface area contributed by atoms with Crippen molar-refractivity contribution >= 4 is 5.69 Å². The van der Waals surface area contributed by atoms with Crippen molar-refractivity contribution in [2.24, 2.45) is 0 Å². The Morgan fingerprint density at radius 3 is 2.53 bits per heavy atom. The Labute approximate surface area is 102 Å². The van der Waals surface area contributed by atoms with Crippen molar-refractivity contribution in [1.29, 1.82) is 0 Å². The van der Waals surface area contributed by atoms with Crippen LogP contribution in [-0.2, 0) is 10.3 Å². The van der Waals surface area contributed by atoms with Crippen LogP contribution in [0.1, 0.15) is 26.3 Å². The van der Waals surface area contributed by atoms with E-state index in [2.05, 4.69) is 61.6 Å². The molecule has 0 aromatic heterocycles. The molecule has 2 aliphatic rings. The van der Waals surface area contributed by atoms with Crippen molar-refractivity contribution in [3.05, 3.63) is 41.6 Å². The lowest BCUT2D eigenvalue weighted by Gasteiger charge is -2.39. The summed E-state index contributed by atoms with van der Waals surface area (Å²) in [6, 6.07) is 8.50. The van der Waals surface area contributed by atoms with Crippen molar-refractivity contribution in [3.8, 4) is 0 Å². The quantitative estimate of drug-likeness (QED) is 0.741. The number of hydrogen-bond donors (Lipinski definition) is 1. The maximum absolute atomic E-state index is 5.91. The number of benzene rings is 1. The Bertz CT molecular complexity index is 507. The van der Waals surface area contributed by atoms with E-state index in [1.807, 2.05) is 6.92 Å². The van der Waals surface area contributed by atoms with Crippen LogP contribution in [0.15, 0.2) is 36.0 Å². The number of anilines is 1. The van der Waals surface area contributed by atoms with Crippen molar-refractivity contribution in [1.82, 2.24) is 5.48 Å². The van der Waals surface area contributed by atoms with E-state index in [9.17, 15) is 0 Å². The van der Waals surface area contributed by atoms with Crippen LogP contribution in [0.25, 0.3) is 0 Å². The van der Waals surface area contributed by atoms with Gasteiger partial charge in [-0.1, -0.05) is 32.0 Å². The number of nitrogens with one attached hydrogen (secondary N) is 1. The summed E-state index contributed by atoms with van der Waals surface area (Å²) in [5, 5.41) is 0. The van der Waals surface area contributed by atoms with Gasteiger partial charge in [-0.3, -0.25) is 5.48 Å². The van der Waals surface area contributed by atoms with Gasteiger partial charge in [-0.2, -0.15) is 0 Å². The largest absolute Gasteiger partial charge is 0.340 e. The number of para-hydroxylation sites is 1. The monoisotopic (exact) mass is 230 g/mol. The zero-order valence-electron chi connectivity index (χ0n) is 10.7. The van der Waals surface area contributed by atoms with E-state index in [1.54, 1.807) is 0 Å². The molecular weight excluding hydrogens is 212 g/mol. The summed E-state index contributed by atoms with van der Waals surface area (Å²) >= 11 is 0. The average molecular weight is 230 g/mol. The first-order valence-corrected chi connectivity index (χ1v) is 5.96. The standard InChI is InChI=1S/C14H18N2O/c1-10-9-14(17-15-10)13(2,3)11-7-5-6-8-12(11)16(14)4/h5-9,15H,1-4H3/t14-/m1/s1. The summed E-state index contributed by atoms with van der Waals surface area (Å²) in [6.45, 7) is 6.49. The summed E-state index contributed by atoms with van der Waals surface area (Å²) in [6.07, 6.45) is 2.17. The van der Waals surface area contributed by atoms with Crippen LogP contribution in [0.3, 0.4) is 0 Å². The minimum Gasteiger partial charge on any atom is -0.340 e. The third-order valence-electron chi connectivity index (χ3n) is 4.11. The highest BCUT2D eigenvalue weighted by atomic mass is 16.7. The average Bonchev–Trinajstić information content (AvgIpc) is 2.77. The van der Waals surface area contributed by atoms with Gasteiger partial charge in [-0.25, -0.2) is 4.84 Å². The fourth-order valence-electron chi connectivity index (χ4n) is 3.07. The van der Waals surface area contributed by atoms with Crippen LogP contribution in [0.5, 0.6) is 0 Å². The molecule has 1 aromatic rings.